The third-order valence-electron chi connectivity index (χ3n) is 2.60. The van der Waals surface area contributed by atoms with Crippen LogP contribution in [0.4, 0.5) is 0 Å². The van der Waals surface area contributed by atoms with Crippen LogP contribution in [-0.2, 0) is 9.63 Å². The van der Waals surface area contributed by atoms with Crippen LogP contribution in [0, 0.1) is 0 Å². The molecule has 0 unspecified atom stereocenters. The second-order valence-electron chi connectivity index (χ2n) is 3.92. The van der Waals surface area contributed by atoms with Crippen molar-refractivity contribution in [1.29, 1.82) is 0 Å². The third-order valence-corrected chi connectivity index (χ3v) is 2.60. The molecule has 1 aliphatic carbocycles. The molecule has 0 spiro atoms. The van der Waals surface area contributed by atoms with Gasteiger partial charge in [-0.05, 0) is 19.8 Å². The predicted octanol–water partition coefficient (Wildman–Crippen LogP) is 1.14. The highest BCUT2D eigenvalue weighted by Gasteiger charge is 2.31. The summed E-state index contributed by atoms with van der Waals surface area (Å²) in [5.74, 6) is -0.226. The Morgan fingerprint density at radius 3 is 2.64 bits per heavy atom. The van der Waals surface area contributed by atoms with E-state index in [-0.39, 0.29) is 12.3 Å². The second kappa shape index (κ2) is 5.32. The Morgan fingerprint density at radius 2 is 2.07 bits per heavy atom. The molecule has 2 N–H and O–H groups in total. The number of carbonyl (C=O) groups is 1. The van der Waals surface area contributed by atoms with E-state index in [0.29, 0.717) is 6.61 Å². The molecular weight excluding hydrogens is 182 g/mol. The Morgan fingerprint density at radius 1 is 1.43 bits per heavy atom. The quantitative estimate of drug-likeness (QED) is 0.670. The fourth-order valence-corrected chi connectivity index (χ4v) is 1.87. The highest BCUT2D eigenvalue weighted by atomic mass is 16.6. The minimum atomic E-state index is -0.792. The number of rotatable bonds is 4. The van der Waals surface area contributed by atoms with Crippen molar-refractivity contribution < 1.29 is 14.7 Å². The van der Waals surface area contributed by atoms with Gasteiger partial charge >= 0.3 is 0 Å². The van der Waals surface area contributed by atoms with E-state index in [9.17, 15) is 9.90 Å². The number of hydroxylamine groups is 1. The second-order valence-corrected chi connectivity index (χ2v) is 3.92. The number of aliphatic hydroxyl groups is 1. The molecule has 0 atom stereocenters. The molecule has 1 saturated carbocycles. The van der Waals surface area contributed by atoms with Crippen LogP contribution in [0.15, 0.2) is 0 Å². The molecule has 0 aromatic carbocycles. The summed E-state index contributed by atoms with van der Waals surface area (Å²) >= 11 is 0. The molecule has 0 aromatic rings. The molecule has 0 heterocycles. The summed E-state index contributed by atoms with van der Waals surface area (Å²) in [4.78, 5) is 16.1. The zero-order chi connectivity index (χ0) is 10.4. The minimum absolute atomic E-state index is 0.160. The van der Waals surface area contributed by atoms with Crippen molar-refractivity contribution in [1.82, 2.24) is 5.48 Å². The number of hydrogen-bond acceptors (Lipinski definition) is 3. The van der Waals surface area contributed by atoms with Gasteiger partial charge in [-0.2, -0.15) is 0 Å². The molecule has 0 aromatic heterocycles. The standard InChI is InChI=1S/C10H19NO3/c1-2-14-11-9(12)8-10(13)6-4-3-5-7-10/h13H,2-8H2,1H3,(H,11,12). The Balaban J connectivity index is 2.29. The lowest BCUT2D eigenvalue weighted by Crippen LogP contribution is -2.38. The van der Waals surface area contributed by atoms with Crippen LogP contribution in [0.25, 0.3) is 0 Å². The zero-order valence-electron chi connectivity index (χ0n) is 8.71. The lowest BCUT2D eigenvalue weighted by molar-refractivity contribution is -0.139. The van der Waals surface area contributed by atoms with Gasteiger partial charge in [0.2, 0.25) is 5.91 Å². The summed E-state index contributed by atoms with van der Waals surface area (Å²) in [6.07, 6.45) is 4.80. The van der Waals surface area contributed by atoms with Crippen molar-refractivity contribution in [2.75, 3.05) is 6.61 Å². The number of hydrogen-bond donors (Lipinski definition) is 2. The number of nitrogens with one attached hydrogen (secondary N) is 1. The average Bonchev–Trinajstić information content (AvgIpc) is 2.15. The lowest BCUT2D eigenvalue weighted by atomic mass is 9.82. The van der Waals surface area contributed by atoms with E-state index in [4.69, 9.17) is 4.84 Å². The van der Waals surface area contributed by atoms with E-state index < -0.39 is 5.60 Å². The molecule has 14 heavy (non-hydrogen) atoms. The topological polar surface area (TPSA) is 58.6 Å². The molecule has 0 radical (unpaired) electrons. The van der Waals surface area contributed by atoms with Gasteiger partial charge < -0.3 is 5.11 Å². The summed E-state index contributed by atoms with van der Waals surface area (Å²) in [6, 6.07) is 0. The molecular formula is C10H19NO3. The van der Waals surface area contributed by atoms with Gasteiger partial charge in [-0.3, -0.25) is 9.63 Å². The van der Waals surface area contributed by atoms with E-state index in [1.807, 2.05) is 0 Å². The van der Waals surface area contributed by atoms with Crippen molar-refractivity contribution in [3.8, 4) is 0 Å². The van der Waals surface area contributed by atoms with Gasteiger partial charge in [-0.15, -0.1) is 0 Å². The number of carbonyl (C=O) groups excluding carboxylic acids is 1. The molecule has 4 heteroatoms. The van der Waals surface area contributed by atoms with Gasteiger partial charge in [-0.1, -0.05) is 19.3 Å². The van der Waals surface area contributed by atoms with Crippen molar-refractivity contribution in [2.24, 2.45) is 0 Å². The Labute approximate surface area is 84.6 Å². The zero-order valence-corrected chi connectivity index (χ0v) is 8.71. The smallest absolute Gasteiger partial charge is 0.246 e. The molecule has 82 valence electrons. The average molecular weight is 201 g/mol. The molecule has 0 saturated heterocycles. The third kappa shape index (κ3) is 3.64. The summed E-state index contributed by atoms with van der Waals surface area (Å²) in [6.45, 7) is 2.25. The van der Waals surface area contributed by atoms with E-state index >= 15 is 0 Å². The Bertz CT molecular complexity index is 188. The molecule has 1 aliphatic rings. The lowest BCUT2D eigenvalue weighted by Gasteiger charge is -2.31. The summed E-state index contributed by atoms with van der Waals surface area (Å²) < 4.78 is 0. The summed E-state index contributed by atoms with van der Waals surface area (Å²) in [7, 11) is 0. The molecule has 1 fully saturated rings. The van der Waals surface area contributed by atoms with Crippen molar-refractivity contribution in [3.05, 3.63) is 0 Å². The van der Waals surface area contributed by atoms with Crippen LogP contribution in [0.1, 0.15) is 45.4 Å². The van der Waals surface area contributed by atoms with Crippen molar-refractivity contribution in [2.45, 2.75) is 51.0 Å². The normalized spacial score (nSPS) is 20.4. The van der Waals surface area contributed by atoms with Crippen molar-refractivity contribution in [3.63, 3.8) is 0 Å². The molecule has 0 bridgehead atoms. The van der Waals surface area contributed by atoms with Crippen molar-refractivity contribution >= 4 is 5.91 Å². The summed E-state index contributed by atoms with van der Waals surface area (Å²) in [5, 5.41) is 10.0. The first-order chi connectivity index (χ1) is 6.66. The SMILES string of the molecule is CCONC(=O)CC1(O)CCCCC1. The van der Waals surface area contributed by atoms with Crippen LogP contribution < -0.4 is 5.48 Å². The van der Waals surface area contributed by atoms with Crippen LogP contribution in [0.3, 0.4) is 0 Å². The predicted molar refractivity (Wildman–Crippen MR) is 52.4 cm³/mol. The largest absolute Gasteiger partial charge is 0.389 e. The van der Waals surface area contributed by atoms with Crippen LogP contribution in [0.2, 0.25) is 0 Å². The summed E-state index contributed by atoms with van der Waals surface area (Å²) in [5.41, 5.74) is 1.51. The molecule has 1 rings (SSSR count). The van der Waals surface area contributed by atoms with Gasteiger partial charge in [0.05, 0.1) is 18.6 Å². The van der Waals surface area contributed by atoms with Gasteiger partial charge in [-0.25, -0.2) is 5.48 Å². The monoisotopic (exact) mass is 201 g/mol. The Hall–Kier alpha value is -0.610. The molecule has 0 aliphatic heterocycles. The van der Waals surface area contributed by atoms with Crippen LogP contribution in [0.5, 0.6) is 0 Å². The van der Waals surface area contributed by atoms with Gasteiger partial charge in [0.25, 0.3) is 0 Å². The first kappa shape index (κ1) is 11.5. The molecule has 4 nitrogen and oxygen atoms in total. The van der Waals surface area contributed by atoms with E-state index in [2.05, 4.69) is 5.48 Å². The fraction of sp³-hybridized carbons (Fsp3) is 0.900. The van der Waals surface area contributed by atoms with E-state index in [1.165, 1.54) is 0 Å². The maximum atomic E-state index is 11.3. The maximum absolute atomic E-state index is 11.3. The highest BCUT2D eigenvalue weighted by Crippen LogP contribution is 2.30. The minimum Gasteiger partial charge on any atom is -0.389 e. The molecule has 1 amide bonds. The highest BCUT2D eigenvalue weighted by molar-refractivity contribution is 5.75. The van der Waals surface area contributed by atoms with E-state index in [1.54, 1.807) is 6.92 Å². The maximum Gasteiger partial charge on any atom is 0.246 e. The first-order valence-electron chi connectivity index (χ1n) is 5.29. The fourth-order valence-electron chi connectivity index (χ4n) is 1.87. The van der Waals surface area contributed by atoms with Crippen LogP contribution >= 0.6 is 0 Å². The number of amides is 1. The van der Waals surface area contributed by atoms with E-state index in [0.717, 1.165) is 32.1 Å². The Kier molecular flexibility index (Phi) is 4.35. The van der Waals surface area contributed by atoms with Crippen LogP contribution in [-0.4, -0.2) is 23.2 Å². The van der Waals surface area contributed by atoms with Gasteiger partial charge in [0, 0.05) is 0 Å². The van der Waals surface area contributed by atoms with Gasteiger partial charge in [0.1, 0.15) is 0 Å². The first-order valence-corrected chi connectivity index (χ1v) is 5.29. The van der Waals surface area contributed by atoms with Gasteiger partial charge in [0.15, 0.2) is 0 Å².